The summed E-state index contributed by atoms with van der Waals surface area (Å²) in [4.78, 5) is 25.0. The van der Waals surface area contributed by atoms with Crippen LogP contribution in [-0.2, 0) is 9.59 Å². The molecule has 3 rings (SSSR count). The molecule has 29 heavy (non-hydrogen) atoms. The van der Waals surface area contributed by atoms with Crippen molar-refractivity contribution in [2.45, 2.75) is 26.3 Å². The second-order valence-corrected chi connectivity index (χ2v) is 6.62. The highest BCUT2D eigenvalue weighted by molar-refractivity contribution is 6.03. The lowest BCUT2D eigenvalue weighted by molar-refractivity contribution is -0.123. The van der Waals surface area contributed by atoms with E-state index in [0.29, 0.717) is 17.2 Å². The Balaban J connectivity index is 0.00000240. The molecule has 149 valence electrons. The van der Waals surface area contributed by atoms with Gasteiger partial charge in [0.1, 0.15) is 23.6 Å². The van der Waals surface area contributed by atoms with Gasteiger partial charge in [0.2, 0.25) is 11.8 Å². The number of dihydropyridines is 1. The maximum Gasteiger partial charge on any atom is 0.249 e. The Morgan fingerprint density at radius 2 is 2.10 bits per heavy atom. The summed E-state index contributed by atoms with van der Waals surface area (Å²) in [5, 5.41) is 26.3. The molecule has 0 aliphatic carbocycles. The molecule has 3 N–H and O–H groups in total. The van der Waals surface area contributed by atoms with E-state index in [-0.39, 0.29) is 31.7 Å². The zero-order chi connectivity index (χ0) is 21.1. The summed E-state index contributed by atoms with van der Waals surface area (Å²) in [6, 6.07) is 7.76. The van der Waals surface area contributed by atoms with Crippen molar-refractivity contribution in [3.8, 4) is 12.1 Å². The van der Waals surface area contributed by atoms with Gasteiger partial charge < -0.3 is 16.0 Å². The van der Waals surface area contributed by atoms with Crippen molar-refractivity contribution in [2.24, 2.45) is 0 Å². The molecule has 1 aromatic carbocycles. The van der Waals surface area contributed by atoms with E-state index in [2.05, 4.69) is 16.0 Å². The van der Waals surface area contributed by atoms with Gasteiger partial charge in [-0.2, -0.15) is 10.5 Å². The maximum atomic E-state index is 14.2. The van der Waals surface area contributed by atoms with E-state index in [4.69, 9.17) is 5.26 Å². The normalized spacial score (nSPS) is 16.9. The summed E-state index contributed by atoms with van der Waals surface area (Å²) < 4.78 is 14.2. The van der Waals surface area contributed by atoms with E-state index in [9.17, 15) is 19.2 Å². The fourth-order valence-corrected chi connectivity index (χ4v) is 3.29. The van der Waals surface area contributed by atoms with Crippen LogP contribution in [0.4, 0.5) is 4.39 Å². The van der Waals surface area contributed by atoms with Crippen molar-refractivity contribution in [3.05, 3.63) is 75.9 Å². The highest BCUT2D eigenvalue weighted by Crippen LogP contribution is 2.33. The Morgan fingerprint density at radius 3 is 2.76 bits per heavy atom. The lowest BCUT2D eigenvalue weighted by Gasteiger charge is -2.29. The SMILES string of the molecule is CC1=C(CC(=O)N[C@H](C)c2ccc(C#N)cc2F)C(=O)N[C]2C=CNC(C#N)=C21.[HH].[HH]. The second-order valence-electron chi connectivity index (χ2n) is 6.62. The first-order valence-electron chi connectivity index (χ1n) is 8.80. The number of nitrogens with zero attached hydrogens (tertiary/aromatic N) is 2. The van der Waals surface area contributed by atoms with Gasteiger partial charge in [-0.25, -0.2) is 4.39 Å². The number of nitrogens with one attached hydrogen (secondary N) is 3. The number of carbonyl (C=O) groups excluding carboxylic acids is 2. The minimum Gasteiger partial charge on any atom is -0.353 e. The number of allylic oxidation sites excluding steroid dienone is 1. The first kappa shape index (κ1) is 19.8. The molecule has 0 spiro atoms. The van der Waals surface area contributed by atoms with Gasteiger partial charge in [-0.15, -0.1) is 0 Å². The van der Waals surface area contributed by atoms with Crippen molar-refractivity contribution in [1.29, 1.82) is 10.5 Å². The molecule has 1 atom stereocenters. The largest absolute Gasteiger partial charge is 0.353 e. The van der Waals surface area contributed by atoms with Crippen molar-refractivity contribution >= 4 is 11.8 Å². The molecule has 0 unspecified atom stereocenters. The third kappa shape index (κ3) is 3.87. The van der Waals surface area contributed by atoms with Crippen LogP contribution in [0.15, 0.2) is 52.9 Å². The molecule has 0 fully saturated rings. The smallest absolute Gasteiger partial charge is 0.249 e. The van der Waals surface area contributed by atoms with Crippen molar-refractivity contribution < 1.29 is 16.8 Å². The van der Waals surface area contributed by atoms with E-state index in [1.54, 1.807) is 26.1 Å². The molecule has 2 heterocycles. The van der Waals surface area contributed by atoms with E-state index in [1.165, 1.54) is 12.1 Å². The molecule has 0 aromatic heterocycles. The molecule has 1 aromatic rings. The van der Waals surface area contributed by atoms with Gasteiger partial charge in [0.25, 0.3) is 0 Å². The van der Waals surface area contributed by atoms with Gasteiger partial charge in [-0.05, 0) is 37.6 Å². The molecular weight excluding hydrogens is 373 g/mol. The van der Waals surface area contributed by atoms with E-state index in [1.807, 2.05) is 12.1 Å². The molecule has 2 aliphatic rings. The van der Waals surface area contributed by atoms with Gasteiger partial charge >= 0.3 is 0 Å². The number of halogens is 1. The zero-order valence-corrected chi connectivity index (χ0v) is 15.8. The lowest BCUT2D eigenvalue weighted by atomic mass is 9.86. The third-order valence-electron chi connectivity index (χ3n) is 4.77. The minimum absolute atomic E-state index is 0. The van der Waals surface area contributed by atoms with Gasteiger partial charge in [0.15, 0.2) is 0 Å². The number of benzene rings is 1. The Labute approximate surface area is 170 Å². The van der Waals surface area contributed by atoms with Crippen LogP contribution in [0.5, 0.6) is 0 Å². The summed E-state index contributed by atoms with van der Waals surface area (Å²) >= 11 is 0. The molecule has 2 amide bonds. The van der Waals surface area contributed by atoms with Gasteiger partial charge in [-0.3, -0.25) is 9.59 Å². The molecule has 0 saturated carbocycles. The van der Waals surface area contributed by atoms with Crippen LogP contribution in [0.1, 0.15) is 40.3 Å². The first-order chi connectivity index (χ1) is 13.8. The van der Waals surface area contributed by atoms with E-state index in [0.717, 1.165) is 6.07 Å². The van der Waals surface area contributed by atoms with Crippen LogP contribution in [0.25, 0.3) is 0 Å². The summed E-state index contributed by atoms with van der Waals surface area (Å²) in [6.07, 6.45) is 2.97. The van der Waals surface area contributed by atoms with Gasteiger partial charge in [-0.1, -0.05) is 6.07 Å². The van der Waals surface area contributed by atoms with Crippen LogP contribution in [0.3, 0.4) is 0 Å². The highest BCUT2D eigenvalue weighted by Gasteiger charge is 2.33. The molecule has 0 saturated heterocycles. The van der Waals surface area contributed by atoms with E-state index < -0.39 is 23.7 Å². The standard InChI is InChI=1S/C21H17FN5O2.2H2/c1-11-15(21(29)27-17-5-6-25-18(10-24)20(11)17)8-19(28)26-12(2)14-4-3-13(9-23)7-16(14)22;;/h3-7,12,25H,8H2,1-2H3,(H,26,28)(H,27,29);2*1H/t12-;;/m1../s1. The molecule has 7 nitrogen and oxygen atoms in total. The number of hydrogen-bond acceptors (Lipinski definition) is 5. The Morgan fingerprint density at radius 1 is 1.34 bits per heavy atom. The predicted molar refractivity (Wildman–Crippen MR) is 106 cm³/mol. The predicted octanol–water partition coefficient (Wildman–Crippen LogP) is 2.63. The lowest BCUT2D eigenvalue weighted by Crippen LogP contribution is -2.40. The summed E-state index contributed by atoms with van der Waals surface area (Å²) in [5.41, 5.74) is 2.02. The van der Waals surface area contributed by atoms with Crippen LogP contribution in [0.2, 0.25) is 0 Å². The van der Waals surface area contributed by atoms with Crippen LogP contribution in [0, 0.1) is 34.5 Å². The average molecular weight is 394 g/mol. The fraction of sp³-hybridized carbons (Fsp3) is 0.190. The minimum atomic E-state index is -0.655. The molecule has 1 radical (unpaired) electrons. The van der Waals surface area contributed by atoms with Crippen molar-refractivity contribution in [3.63, 3.8) is 0 Å². The summed E-state index contributed by atoms with van der Waals surface area (Å²) in [5.74, 6) is -1.48. The monoisotopic (exact) mass is 394 g/mol. The van der Waals surface area contributed by atoms with Crippen LogP contribution in [-0.4, -0.2) is 11.8 Å². The fourth-order valence-electron chi connectivity index (χ4n) is 3.29. The maximum absolute atomic E-state index is 14.2. The molecule has 0 bridgehead atoms. The van der Waals surface area contributed by atoms with Crippen molar-refractivity contribution in [1.82, 2.24) is 16.0 Å². The van der Waals surface area contributed by atoms with Crippen LogP contribution < -0.4 is 16.0 Å². The second kappa shape index (κ2) is 7.99. The van der Waals surface area contributed by atoms with Gasteiger partial charge in [0.05, 0.1) is 24.1 Å². The molecule has 8 heteroatoms. The number of rotatable bonds is 4. The van der Waals surface area contributed by atoms with Crippen molar-refractivity contribution in [2.75, 3.05) is 0 Å². The first-order valence-corrected chi connectivity index (χ1v) is 8.80. The van der Waals surface area contributed by atoms with Gasteiger partial charge in [0, 0.05) is 25.8 Å². The summed E-state index contributed by atoms with van der Waals surface area (Å²) in [6.45, 7) is 3.29. The number of fused-ring (bicyclic) bond motifs is 1. The highest BCUT2D eigenvalue weighted by atomic mass is 19.1. The Kier molecular flexibility index (Phi) is 5.47. The summed E-state index contributed by atoms with van der Waals surface area (Å²) in [7, 11) is 0. The number of nitriles is 2. The molecular formula is C21H21FN5O2. The zero-order valence-electron chi connectivity index (χ0n) is 15.8. The van der Waals surface area contributed by atoms with E-state index >= 15 is 0 Å². The number of carbonyl (C=O) groups is 2. The average Bonchev–Trinajstić information content (AvgIpc) is 2.70. The third-order valence-corrected chi connectivity index (χ3v) is 4.77. The Hall–Kier alpha value is -3.91. The quantitative estimate of drug-likeness (QED) is 0.726. The number of amides is 2. The number of hydrogen-bond donors (Lipinski definition) is 3. The van der Waals surface area contributed by atoms with Crippen LogP contribution >= 0.6 is 0 Å². The molecule has 2 aliphatic heterocycles. The topological polar surface area (TPSA) is 118 Å². The Bertz CT molecular complexity index is 1080.